The van der Waals surface area contributed by atoms with E-state index in [1.807, 2.05) is 73.7 Å². The van der Waals surface area contributed by atoms with E-state index in [1.54, 1.807) is 17.0 Å². The van der Waals surface area contributed by atoms with Crippen molar-refractivity contribution >= 4 is 34.9 Å². The second-order valence-corrected chi connectivity index (χ2v) is 8.30. The molecule has 0 saturated heterocycles. The zero-order chi connectivity index (χ0) is 23.9. The zero-order valence-electron chi connectivity index (χ0n) is 19.1. The number of carbonyl (C=O) groups excluding carboxylic acids is 3. The summed E-state index contributed by atoms with van der Waals surface area (Å²) in [7, 11) is 0. The molecule has 7 heteroatoms. The standard InChI is InChI=1S/C27H28N4O3/c1-19-11-14-22(15-12-19)29-26(33)24-16-13-20-7-5-6-10-23(20)31(24)25(32)17-18-28-27(34)30-21-8-3-2-4-9-21/h2-12,14-15,24H,13,16-18H2,1H3,(H,29,33)(H2,28,30,34). The van der Waals surface area contributed by atoms with Crippen molar-refractivity contribution in [3.8, 4) is 0 Å². The molecule has 34 heavy (non-hydrogen) atoms. The molecular formula is C27H28N4O3. The molecule has 0 fully saturated rings. The molecule has 0 spiro atoms. The van der Waals surface area contributed by atoms with Gasteiger partial charge in [-0.2, -0.15) is 0 Å². The molecular weight excluding hydrogens is 428 g/mol. The summed E-state index contributed by atoms with van der Waals surface area (Å²) in [5.74, 6) is -0.433. The molecule has 3 aromatic rings. The second kappa shape index (κ2) is 10.7. The van der Waals surface area contributed by atoms with Crippen LogP contribution in [0.15, 0.2) is 78.9 Å². The molecule has 7 nitrogen and oxygen atoms in total. The van der Waals surface area contributed by atoms with Crippen LogP contribution in [0.4, 0.5) is 21.9 Å². The van der Waals surface area contributed by atoms with Crippen molar-refractivity contribution in [3.63, 3.8) is 0 Å². The lowest BCUT2D eigenvalue weighted by atomic mass is 9.94. The lowest BCUT2D eigenvalue weighted by Crippen LogP contribution is -2.51. The number of urea groups is 1. The van der Waals surface area contributed by atoms with Gasteiger partial charge < -0.3 is 16.0 Å². The van der Waals surface area contributed by atoms with Crippen LogP contribution in [-0.4, -0.2) is 30.4 Å². The van der Waals surface area contributed by atoms with Gasteiger partial charge in [0.15, 0.2) is 0 Å². The molecule has 1 aliphatic rings. The normalized spacial score (nSPS) is 14.6. The predicted octanol–water partition coefficient (Wildman–Crippen LogP) is 4.49. The highest BCUT2D eigenvalue weighted by Gasteiger charge is 2.35. The third kappa shape index (κ3) is 5.61. The average Bonchev–Trinajstić information content (AvgIpc) is 2.85. The van der Waals surface area contributed by atoms with E-state index in [1.165, 1.54) is 0 Å². The average molecular weight is 457 g/mol. The van der Waals surface area contributed by atoms with Gasteiger partial charge in [-0.3, -0.25) is 14.5 Å². The minimum Gasteiger partial charge on any atom is -0.337 e. The number of anilines is 3. The molecule has 1 atom stereocenters. The molecule has 0 bridgehead atoms. The molecule has 3 aromatic carbocycles. The highest BCUT2D eigenvalue weighted by Crippen LogP contribution is 2.31. The summed E-state index contributed by atoms with van der Waals surface area (Å²) < 4.78 is 0. The van der Waals surface area contributed by atoms with Gasteiger partial charge in [0.1, 0.15) is 6.04 Å². The lowest BCUT2D eigenvalue weighted by molar-refractivity contribution is -0.123. The minimum atomic E-state index is -0.623. The van der Waals surface area contributed by atoms with Crippen molar-refractivity contribution in [1.82, 2.24) is 5.32 Å². The van der Waals surface area contributed by atoms with Crippen molar-refractivity contribution in [2.75, 3.05) is 22.1 Å². The maximum atomic E-state index is 13.3. The quantitative estimate of drug-likeness (QED) is 0.510. The molecule has 1 aliphatic heterocycles. The van der Waals surface area contributed by atoms with Crippen molar-refractivity contribution in [2.24, 2.45) is 0 Å². The maximum absolute atomic E-state index is 13.3. The van der Waals surface area contributed by atoms with Crippen LogP contribution in [0.2, 0.25) is 0 Å². The topological polar surface area (TPSA) is 90.5 Å². The summed E-state index contributed by atoms with van der Waals surface area (Å²) in [6, 6.07) is 23.3. The first kappa shape index (κ1) is 23.0. The van der Waals surface area contributed by atoms with E-state index in [-0.39, 0.29) is 30.8 Å². The number of fused-ring (bicyclic) bond motifs is 1. The second-order valence-electron chi connectivity index (χ2n) is 8.30. The number of rotatable bonds is 6. The first-order valence-electron chi connectivity index (χ1n) is 11.4. The highest BCUT2D eigenvalue weighted by molar-refractivity contribution is 6.06. The molecule has 0 saturated carbocycles. The summed E-state index contributed by atoms with van der Waals surface area (Å²) in [6.07, 6.45) is 1.32. The van der Waals surface area contributed by atoms with Gasteiger partial charge in [-0.1, -0.05) is 54.1 Å². The Kier molecular flexibility index (Phi) is 7.22. The third-order valence-corrected chi connectivity index (χ3v) is 5.80. The van der Waals surface area contributed by atoms with Crippen LogP contribution in [-0.2, 0) is 16.0 Å². The monoisotopic (exact) mass is 456 g/mol. The fourth-order valence-corrected chi connectivity index (χ4v) is 4.07. The largest absolute Gasteiger partial charge is 0.337 e. The minimum absolute atomic E-state index is 0.0743. The number of hydrogen-bond acceptors (Lipinski definition) is 3. The van der Waals surface area contributed by atoms with Gasteiger partial charge in [0, 0.05) is 30.0 Å². The van der Waals surface area contributed by atoms with E-state index in [0.29, 0.717) is 24.2 Å². The number of para-hydroxylation sites is 2. The van der Waals surface area contributed by atoms with Crippen LogP contribution >= 0.6 is 0 Å². The van der Waals surface area contributed by atoms with E-state index >= 15 is 0 Å². The van der Waals surface area contributed by atoms with E-state index in [0.717, 1.165) is 16.8 Å². The molecule has 1 unspecified atom stereocenters. The van der Waals surface area contributed by atoms with Gasteiger partial charge in [-0.25, -0.2) is 4.79 Å². The molecule has 4 amide bonds. The SMILES string of the molecule is Cc1ccc(NC(=O)C2CCc3ccccc3N2C(=O)CCNC(=O)Nc2ccccc2)cc1. The lowest BCUT2D eigenvalue weighted by Gasteiger charge is -2.36. The van der Waals surface area contributed by atoms with Gasteiger partial charge in [-0.05, 0) is 55.7 Å². The first-order valence-corrected chi connectivity index (χ1v) is 11.4. The van der Waals surface area contributed by atoms with Crippen molar-refractivity contribution < 1.29 is 14.4 Å². The summed E-state index contributed by atoms with van der Waals surface area (Å²) in [4.78, 5) is 40.2. The maximum Gasteiger partial charge on any atom is 0.319 e. The number of benzene rings is 3. The summed E-state index contributed by atoms with van der Waals surface area (Å²) in [5.41, 5.74) is 4.25. The zero-order valence-corrected chi connectivity index (χ0v) is 19.1. The molecule has 0 aromatic heterocycles. The van der Waals surface area contributed by atoms with Crippen LogP contribution in [0.3, 0.4) is 0 Å². The van der Waals surface area contributed by atoms with Gasteiger partial charge in [0.25, 0.3) is 0 Å². The van der Waals surface area contributed by atoms with Crippen LogP contribution in [0.5, 0.6) is 0 Å². The van der Waals surface area contributed by atoms with Crippen LogP contribution in [0.1, 0.15) is 24.0 Å². The fourth-order valence-electron chi connectivity index (χ4n) is 4.07. The van der Waals surface area contributed by atoms with Gasteiger partial charge in [0.2, 0.25) is 11.8 Å². The molecule has 0 aliphatic carbocycles. The Balaban J connectivity index is 1.43. The first-order chi connectivity index (χ1) is 16.5. The molecule has 4 rings (SSSR count). The Labute approximate surface area is 199 Å². The van der Waals surface area contributed by atoms with E-state index < -0.39 is 6.04 Å². The van der Waals surface area contributed by atoms with Crippen LogP contribution < -0.4 is 20.9 Å². The van der Waals surface area contributed by atoms with Gasteiger partial charge in [0.05, 0.1) is 0 Å². The molecule has 174 valence electrons. The summed E-state index contributed by atoms with van der Waals surface area (Å²) in [6.45, 7) is 2.14. The predicted molar refractivity (Wildman–Crippen MR) is 134 cm³/mol. The highest BCUT2D eigenvalue weighted by atomic mass is 16.2. The molecule has 1 heterocycles. The Morgan fingerprint density at radius 1 is 0.853 bits per heavy atom. The van der Waals surface area contributed by atoms with E-state index in [2.05, 4.69) is 16.0 Å². The van der Waals surface area contributed by atoms with Gasteiger partial charge in [-0.15, -0.1) is 0 Å². The number of carbonyl (C=O) groups is 3. The summed E-state index contributed by atoms with van der Waals surface area (Å²) >= 11 is 0. The number of nitrogens with zero attached hydrogens (tertiary/aromatic N) is 1. The van der Waals surface area contributed by atoms with E-state index in [9.17, 15) is 14.4 Å². The van der Waals surface area contributed by atoms with Crippen LogP contribution in [0.25, 0.3) is 0 Å². The van der Waals surface area contributed by atoms with Crippen LogP contribution in [0, 0.1) is 6.92 Å². The third-order valence-electron chi connectivity index (χ3n) is 5.80. The number of aryl methyl sites for hydroxylation is 2. The Morgan fingerprint density at radius 3 is 2.29 bits per heavy atom. The Morgan fingerprint density at radius 2 is 1.53 bits per heavy atom. The number of amides is 4. The summed E-state index contributed by atoms with van der Waals surface area (Å²) in [5, 5.41) is 8.39. The Hall–Kier alpha value is -4.13. The molecule has 0 radical (unpaired) electrons. The number of nitrogens with one attached hydrogen (secondary N) is 3. The van der Waals surface area contributed by atoms with Crippen molar-refractivity contribution in [2.45, 2.75) is 32.2 Å². The van der Waals surface area contributed by atoms with E-state index in [4.69, 9.17) is 0 Å². The molecule has 3 N–H and O–H groups in total. The van der Waals surface area contributed by atoms with Gasteiger partial charge >= 0.3 is 6.03 Å². The smallest absolute Gasteiger partial charge is 0.319 e. The van der Waals surface area contributed by atoms with Crippen molar-refractivity contribution in [3.05, 3.63) is 90.0 Å². The Bertz CT molecular complexity index is 1160. The number of hydrogen-bond donors (Lipinski definition) is 3. The fraction of sp³-hybridized carbons (Fsp3) is 0.222. The van der Waals surface area contributed by atoms with Crippen molar-refractivity contribution in [1.29, 1.82) is 0 Å².